The highest BCUT2D eigenvalue weighted by Gasteiger charge is 2.32. The molecule has 2 aromatic heterocycles. The SMILES string of the molecule is CN(CC1CCC(=O)NC1)C1CN(c2ccc3nncn3n2)C1. The summed E-state index contributed by atoms with van der Waals surface area (Å²) >= 11 is 0. The highest BCUT2D eigenvalue weighted by molar-refractivity contribution is 5.76. The zero-order valence-electron chi connectivity index (χ0n) is 13.2. The van der Waals surface area contributed by atoms with Gasteiger partial charge in [-0.1, -0.05) is 0 Å². The molecular weight excluding hydrogens is 294 g/mol. The lowest BCUT2D eigenvalue weighted by Gasteiger charge is -2.45. The molecule has 2 fully saturated rings. The van der Waals surface area contributed by atoms with E-state index in [1.807, 2.05) is 12.1 Å². The molecule has 0 radical (unpaired) electrons. The van der Waals surface area contributed by atoms with E-state index >= 15 is 0 Å². The number of likely N-dealkylation sites (N-methyl/N-ethyl adjacent to an activating group) is 1. The first-order chi connectivity index (χ1) is 11.2. The molecule has 8 heteroatoms. The molecule has 1 unspecified atom stereocenters. The second-order valence-electron chi connectivity index (χ2n) is 6.53. The van der Waals surface area contributed by atoms with Gasteiger partial charge >= 0.3 is 0 Å². The van der Waals surface area contributed by atoms with Crippen LogP contribution in [-0.4, -0.2) is 69.9 Å². The average molecular weight is 315 g/mol. The number of hydrogen-bond donors (Lipinski definition) is 1. The maximum absolute atomic E-state index is 11.2. The van der Waals surface area contributed by atoms with Crippen molar-refractivity contribution in [1.82, 2.24) is 30.0 Å². The summed E-state index contributed by atoms with van der Waals surface area (Å²) in [5.41, 5.74) is 0.766. The lowest BCUT2D eigenvalue weighted by atomic mass is 9.97. The van der Waals surface area contributed by atoms with E-state index in [-0.39, 0.29) is 5.91 Å². The third kappa shape index (κ3) is 2.86. The minimum Gasteiger partial charge on any atom is -0.356 e. The predicted molar refractivity (Wildman–Crippen MR) is 85.1 cm³/mol. The van der Waals surface area contributed by atoms with Gasteiger partial charge < -0.3 is 10.2 Å². The van der Waals surface area contributed by atoms with E-state index < -0.39 is 0 Å². The Labute approximate surface area is 134 Å². The Morgan fingerprint density at radius 1 is 1.39 bits per heavy atom. The number of carbonyl (C=O) groups is 1. The molecule has 0 saturated carbocycles. The molecule has 0 bridgehead atoms. The molecule has 2 aliphatic heterocycles. The summed E-state index contributed by atoms with van der Waals surface area (Å²) in [5, 5.41) is 15.3. The van der Waals surface area contributed by atoms with Crippen molar-refractivity contribution in [2.24, 2.45) is 5.92 Å². The third-order valence-corrected chi connectivity index (χ3v) is 4.87. The molecule has 2 aromatic rings. The smallest absolute Gasteiger partial charge is 0.220 e. The number of piperidine rings is 1. The molecule has 2 aliphatic rings. The Morgan fingerprint density at radius 3 is 3.04 bits per heavy atom. The zero-order valence-corrected chi connectivity index (χ0v) is 13.2. The predicted octanol–water partition coefficient (Wildman–Crippen LogP) is -0.229. The second-order valence-corrected chi connectivity index (χ2v) is 6.53. The molecule has 2 saturated heterocycles. The van der Waals surface area contributed by atoms with Crippen LogP contribution < -0.4 is 10.2 Å². The second kappa shape index (κ2) is 5.77. The van der Waals surface area contributed by atoms with Crippen molar-refractivity contribution in [2.75, 3.05) is 38.1 Å². The van der Waals surface area contributed by atoms with Gasteiger partial charge in [0.15, 0.2) is 5.65 Å². The van der Waals surface area contributed by atoms with Gasteiger partial charge in [-0.25, -0.2) is 0 Å². The first-order valence-corrected chi connectivity index (χ1v) is 8.08. The van der Waals surface area contributed by atoms with Crippen molar-refractivity contribution in [2.45, 2.75) is 18.9 Å². The van der Waals surface area contributed by atoms with Crippen LogP contribution in [0, 0.1) is 5.92 Å². The fourth-order valence-corrected chi connectivity index (χ4v) is 3.30. The molecule has 122 valence electrons. The first-order valence-electron chi connectivity index (χ1n) is 8.08. The maximum atomic E-state index is 11.2. The standard InChI is InChI=1S/C15H21N7O/c1-20(7-11-2-5-15(23)16-6-11)12-8-21(9-12)14-4-3-13-18-17-10-22(13)19-14/h3-4,10-12H,2,5-9H2,1H3,(H,16,23). The highest BCUT2D eigenvalue weighted by atomic mass is 16.1. The molecular formula is C15H21N7O. The molecule has 0 aromatic carbocycles. The van der Waals surface area contributed by atoms with Gasteiger partial charge in [0, 0.05) is 38.6 Å². The van der Waals surface area contributed by atoms with Crippen molar-refractivity contribution in [3.8, 4) is 0 Å². The first kappa shape index (κ1) is 14.4. The molecule has 0 spiro atoms. The summed E-state index contributed by atoms with van der Waals surface area (Å²) in [6.45, 7) is 3.81. The average Bonchev–Trinajstić information content (AvgIpc) is 2.96. The summed E-state index contributed by atoms with van der Waals surface area (Å²) in [6, 6.07) is 4.49. The largest absolute Gasteiger partial charge is 0.356 e. The van der Waals surface area contributed by atoms with Crippen LogP contribution in [0.5, 0.6) is 0 Å². The quantitative estimate of drug-likeness (QED) is 0.840. The minimum atomic E-state index is 0.189. The Bertz CT molecular complexity index is 699. The number of fused-ring (bicyclic) bond motifs is 1. The number of carbonyl (C=O) groups excluding carboxylic acids is 1. The molecule has 8 nitrogen and oxygen atoms in total. The van der Waals surface area contributed by atoms with Crippen molar-refractivity contribution in [3.05, 3.63) is 18.5 Å². The summed E-state index contributed by atoms with van der Waals surface area (Å²) in [4.78, 5) is 15.9. The molecule has 23 heavy (non-hydrogen) atoms. The van der Waals surface area contributed by atoms with Crippen molar-refractivity contribution >= 4 is 17.4 Å². The van der Waals surface area contributed by atoms with Gasteiger partial charge in [-0.15, -0.1) is 15.3 Å². The number of nitrogens with zero attached hydrogens (tertiary/aromatic N) is 6. The van der Waals surface area contributed by atoms with Gasteiger partial charge in [-0.3, -0.25) is 9.69 Å². The monoisotopic (exact) mass is 315 g/mol. The van der Waals surface area contributed by atoms with Crippen LogP contribution in [0.1, 0.15) is 12.8 Å². The van der Waals surface area contributed by atoms with E-state index in [1.165, 1.54) is 0 Å². The van der Waals surface area contributed by atoms with Gasteiger partial charge in [-0.2, -0.15) is 4.52 Å². The molecule has 0 aliphatic carbocycles. The Morgan fingerprint density at radius 2 is 2.26 bits per heavy atom. The van der Waals surface area contributed by atoms with E-state index in [9.17, 15) is 4.79 Å². The van der Waals surface area contributed by atoms with Crippen LogP contribution >= 0.6 is 0 Å². The number of aromatic nitrogens is 4. The van der Waals surface area contributed by atoms with E-state index in [1.54, 1.807) is 10.8 Å². The molecule has 1 amide bonds. The minimum absolute atomic E-state index is 0.189. The van der Waals surface area contributed by atoms with E-state index in [0.717, 1.165) is 44.1 Å². The zero-order chi connectivity index (χ0) is 15.8. The van der Waals surface area contributed by atoms with Crippen LogP contribution in [0.2, 0.25) is 0 Å². The van der Waals surface area contributed by atoms with Crippen LogP contribution in [0.25, 0.3) is 5.65 Å². The van der Waals surface area contributed by atoms with Crippen LogP contribution in [0.15, 0.2) is 18.5 Å². The van der Waals surface area contributed by atoms with Gasteiger partial charge in [0.2, 0.25) is 5.91 Å². The topological polar surface area (TPSA) is 78.7 Å². The van der Waals surface area contributed by atoms with E-state index in [0.29, 0.717) is 18.4 Å². The number of rotatable bonds is 4. The van der Waals surface area contributed by atoms with Gasteiger partial charge in [0.25, 0.3) is 0 Å². The summed E-state index contributed by atoms with van der Waals surface area (Å²) in [5.74, 6) is 1.72. The normalized spacial score (nSPS) is 22.4. The number of amides is 1. The summed E-state index contributed by atoms with van der Waals surface area (Å²) in [6.07, 6.45) is 3.29. The number of nitrogens with one attached hydrogen (secondary N) is 1. The van der Waals surface area contributed by atoms with Gasteiger partial charge in [0.05, 0.1) is 0 Å². The molecule has 4 heterocycles. The molecule has 4 rings (SSSR count). The fraction of sp³-hybridized carbons (Fsp3) is 0.600. The van der Waals surface area contributed by atoms with Crippen LogP contribution in [0.4, 0.5) is 5.82 Å². The van der Waals surface area contributed by atoms with Crippen LogP contribution in [-0.2, 0) is 4.79 Å². The summed E-state index contributed by atoms with van der Waals surface area (Å²) in [7, 11) is 2.18. The Hall–Kier alpha value is -2.22. The third-order valence-electron chi connectivity index (χ3n) is 4.87. The summed E-state index contributed by atoms with van der Waals surface area (Å²) < 4.78 is 1.71. The van der Waals surface area contributed by atoms with Crippen molar-refractivity contribution in [1.29, 1.82) is 0 Å². The lowest BCUT2D eigenvalue weighted by Crippen LogP contribution is -2.60. The van der Waals surface area contributed by atoms with Crippen LogP contribution in [0.3, 0.4) is 0 Å². The molecule has 1 N–H and O–H groups in total. The van der Waals surface area contributed by atoms with Gasteiger partial charge in [0.1, 0.15) is 12.1 Å². The highest BCUT2D eigenvalue weighted by Crippen LogP contribution is 2.22. The van der Waals surface area contributed by atoms with E-state index in [2.05, 4.69) is 37.5 Å². The van der Waals surface area contributed by atoms with Crippen molar-refractivity contribution in [3.63, 3.8) is 0 Å². The van der Waals surface area contributed by atoms with Crippen molar-refractivity contribution < 1.29 is 4.79 Å². The lowest BCUT2D eigenvalue weighted by molar-refractivity contribution is -0.123. The Kier molecular flexibility index (Phi) is 3.60. The maximum Gasteiger partial charge on any atom is 0.220 e. The number of hydrogen-bond acceptors (Lipinski definition) is 6. The fourth-order valence-electron chi connectivity index (χ4n) is 3.30. The Balaban J connectivity index is 1.31. The van der Waals surface area contributed by atoms with Gasteiger partial charge in [-0.05, 0) is 31.5 Å². The number of anilines is 1. The molecule has 1 atom stereocenters. The van der Waals surface area contributed by atoms with E-state index in [4.69, 9.17) is 0 Å².